The largest absolute Gasteiger partial charge is 0.341 e. The first kappa shape index (κ1) is 15.9. The first-order chi connectivity index (χ1) is 10.1. The van der Waals surface area contributed by atoms with E-state index in [1.54, 1.807) is 23.1 Å². The van der Waals surface area contributed by atoms with Gasteiger partial charge in [0.15, 0.2) is 0 Å². The molecule has 2 aromatic rings. The van der Waals surface area contributed by atoms with Gasteiger partial charge in [0.25, 0.3) is 0 Å². The Hall–Kier alpha value is -1.51. The lowest BCUT2D eigenvalue weighted by molar-refractivity contribution is -0.130. The summed E-state index contributed by atoms with van der Waals surface area (Å²) < 4.78 is 0. The topological polar surface area (TPSA) is 20.3 Å². The van der Waals surface area contributed by atoms with E-state index in [0.717, 1.165) is 11.1 Å². The van der Waals surface area contributed by atoms with E-state index in [1.165, 1.54) is 0 Å². The molecule has 2 nitrogen and oxygen atoms in total. The molecule has 0 saturated heterocycles. The number of rotatable bonds is 5. The summed E-state index contributed by atoms with van der Waals surface area (Å²) in [5.41, 5.74) is 1.95. The van der Waals surface area contributed by atoms with E-state index in [-0.39, 0.29) is 5.91 Å². The van der Waals surface area contributed by atoms with Crippen molar-refractivity contribution in [3.8, 4) is 0 Å². The Labute approximate surface area is 135 Å². The maximum Gasteiger partial charge on any atom is 0.222 e. The molecule has 0 N–H and O–H groups in total. The third kappa shape index (κ3) is 4.48. The zero-order chi connectivity index (χ0) is 15.2. The molecule has 0 aromatic heterocycles. The molecular formula is C17H17Cl2NO. The SMILES string of the molecule is CN(Cc1ccccc1)C(=O)CCc1c(Cl)cccc1Cl. The highest BCUT2D eigenvalue weighted by atomic mass is 35.5. The first-order valence-corrected chi connectivity index (χ1v) is 7.54. The van der Waals surface area contributed by atoms with E-state index in [2.05, 4.69) is 0 Å². The van der Waals surface area contributed by atoms with Gasteiger partial charge in [0, 0.05) is 30.1 Å². The minimum atomic E-state index is 0.0786. The van der Waals surface area contributed by atoms with E-state index in [0.29, 0.717) is 29.4 Å². The molecule has 0 heterocycles. The van der Waals surface area contributed by atoms with E-state index < -0.39 is 0 Å². The Morgan fingerprint density at radius 2 is 1.62 bits per heavy atom. The van der Waals surface area contributed by atoms with Gasteiger partial charge in [-0.15, -0.1) is 0 Å². The fourth-order valence-corrected chi connectivity index (χ4v) is 2.73. The van der Waals surface area contributed by atoms with Crippen molar-refractivity contribution < 1.29 is 4.79 Å². The van der Waals surface area contributed by atoms with Crippen molar-refractivity contribution in [3.05, 3.63) is 69.7 Å². The van der Waals surface area contributed by atoms with Crippen LogP contribution in [0.25, 0.3) is 0 Å². The Kier molecular flexibility index (Phi) is 5.66. The normalized spacial score (nSPS) is 10.4. The van der Waals surface area contributed by atoms with E-state index in [9.17, 15) is 4.79 Å². The van der Waals surface area contributed by atoms with Gasteiger partial charge < -0.3 is 4.90 Å². The van der Waals surface area contributed by atoms with Gasteiger partial charge in [-0.05, 0) is 29.7 Å². The third-order valence-electron chi connectivity index (χ3n) is 3.34. The second-order valence-corrected chi connectivity index (χ2v) is 5.75. The summed E-state index contributed by atoms with van der Waals surface area (Å²) in [5, 5.41) is 1.22. The predicted molar refractivity (Wildman–Crippen MR) is 87.7 cm³/mol. The zero-order valence-electron chi connectivity index (χ0n) is 11.9. The van der Waals surface area contributed by atoms with Crippen LogP contribution in [0, 0.1) is 0 Å². The molecule has 0 spiro atoms. The summed E-state index contributed by atoms with van der Waals surface area (Å²) in [6.45, 7) is 0.607. The highest BCUT2D eigenvalue weighted by Gasteiger charge is 2.12. The van der Waals surface area contributed by atoms with Crippen LogP contribution in [-0.2, 0) is 17.8 Å². The number of hydrogen-bond donors (Lipinski definition) is 0. The molecule has 0 aliphatic rings. The molecule has 110 valence electrons. The molecule has 0 fully saturated rings. The highest BCUT2D eigenvalue weighted by Crippen LogP contribution is 2.25. The highest BCUT2D eigenvalue weighted by molar-refractivity contribution is 6.36. The number of hydrogen-bond acceptors (Lipinski definition) is 1. The summed E-state index contributed by atoms with van der Waals surface area (Å²) in [7, 11) is 1.81. The lowest BCUT2D eigenvalue weighted by Gasteiger charge is -2.17. The Morgan fingerprint density at radius 1 is 1.00 bits per heavy atom. The van der Waals surface area contributed by atoms with Crippen LogP contribution in [0.1, 0.15) is 17.5 Å². The van der Waals surface area contributed by atoms with Crippen LogP contribution >= 0.6 is 23.2 Å². The molecular weight excluding hydrogens is 305 g/mol. The molecule has 1 amide bonds. The van der Waals surface area contributed by atoms with Gasteiger partial charge in [0.05, 0.1) is 0 Å². The van der Waals surface area contributed by atoms with Crippen molar-refractivity contribution in [3.63, 3.8) is 0 Å². The fourth-order valence-electron chi connectivity index (χ4n) is 2.14. The van der Waals surface area contributed by atoms with Crippen molar-refractivity contribution in [1.29, 1.82) is 0 Å². The smallest absolute Gasteiger partial charge is 0.222 e. The molecule has 2 rings (SSSR count). The van der Waals surface area contributed by atoms with Gasteiger partial charge in [-0.3, -0.25) is 4.79 Å². The van der Waals surface area contributed by atoms with Crippen LogP contribution in [-0.4, -0.2) is 17.9 Å². The summed E-state index contributed by atoms with van der Waals surface area (Å²) >= 11 is 12.2. The Morgan fingerprint density at radius 3 is 2.24 bits per heavy atom. The fraction of sp³-hybridized carbons (Fsp3) is 0.235. The number of amides is 1. The maximum absolute atomic E-state index is 12.2. The predicted octanol–water partition coefficient (Wildman–Crippen LogP) is 4.58. The number of nitrogens with zero attached hydrogens (tertiary/aromatic N) is 1. The van der Waals surface area contributed by atoms with Crippen molar-refractivity contribution in [2.24, 2.45) is 0 Å². The molecule has 0 unspecified atom stereocenters. The van der Waals surface area contributed by atoms with E-state index in [4.69, 9.17) is 23.2 Å². The monoisotopic (exact) mass is 321 g/mol. The van der Waals surface area contributed by atoms with Crippen LogP contribution in [0.15, 0.2) is 48.5 Å². The van der Waals surface area contributed by atoms with Crippen molar-refractivity contribution in [2.45, 2.75) is 19.4 Å². The zero-order valence-corrected chi connectivity index (χ0v) is 13.4. The van der Waals surface area contributed by atoms with Gasteiger partial charge >= 0.3 is 0 Å². The van der Waals surface area contributed by atoms with Gasteiger partial charge in [-0.25, -0.2) is 0 Å². The summed E-state index contributed by atoms with van der Waals surface area (Å²) in [6, 6.07) is 15.3. The van der Waals surface area contributed by atoms with Crippen LogP contribution in [0.4, 0.5) is 0 Å². The molecule has 4 heteroatoms. The van der Waals surface area contributed by atoms with Crippen LogP contribution in [0.5, 0.6) is 0 Å². The molecule has 0 saturated carbocycles. The van der Waals surface area contributed by atoms with E-state index in [1.807, 2.05) is 37.4 Å². The van der Waals surface area contributed by atoms with Crippen LogP contribution < -0.4 is 0 Å². The van der Waals surface area contributed by atoms with E-state index >= 15 is 0 Å². The number of carbonyl (C=O) groups is 1. The Balaban J connectivity index is 1.92. The third-order valence-corrected chi connectivity index (χ3v) is 4.05. The summed E-state index contributed by atoms with van der Waals surface area (Å²) in [5.74, 6) is 0.0786. The second-order valence-electron chi connectivity index (χ2n) is 4.94. The average Bonchev–Trinajstić information content (AvgIpc) is 2.47. The Bertz CT molecular complexity index is 593. The molecule has 2 aromatic carbocycles. The molecule has 0 aliphatic heterocycles. The van der Waals surface area contributed by atoms with Gasteiger partial charge in [-0.1, -0.05) is 59.6 Å². The average molecular weight is 322 g/mol. The summed E-state index contributed by atoms with van der Waals surface area (Å²) in [4.78, 5) is 13.9. The molecule has 0 radical (unpaired) electrons. The minimum Gasteiger partial charge on any atom is -0.341 e. The van der Waals surface area contributed by atoms with Crippen LogP contribution in [0.2, 0.25) is 10.0 Å². The van der Waals surface area contributed by atoms with Crippen molar-refractivity contribution in [2.75, 3.05) is 7.05 Å². The molecule has 0 atom stereocenters. The number of halogens is 2. The second kappa shape index (κ2) is 7.48. The maximum atomic E-state index is 12.2. The molecule has 0 bridgehead atoms. The number of carbonyl (C=O) groups excluding carboxylic acids is 1. The number of benzene rings is 2. The lowest BCUT2D eigenvalue weighted by atomic mass is 10.1. The van der Waals surface area contributed by atoms with Crippen molar-refractivity contribution in [1.82, 2.24) is 4.90 Å². The van der Waals surface area contributed by atoms with Gasteiger partial charge in [-0.2, -0.15) is 0 Å². The minimum absolute atomic E-state index is 0.0786. The van der Waals surface area contributed by atoms with Gasteiger partial charge in [0.1, 0.15) is 0 Å². The quantitative estimate of drug-likeness (QED) is 0.789. The van der Waals surface area contributed by atoms with Crippen molar-refractivity contribution >= 4 is 29.1 Å². The van der Waals surface area contributed by atoms with Crippen LogP contribution in [0.3, 0.4) is 0 Å². The molecule has 21 heavy (non-hydrogen) atoms. The molecule has 0 aliphatic carbocycles. The summed E-state index contributed by atoms with van der Waals surface area (Å²) in [6.07, 6.45) is 0.948. The van der Waals surface area contributed by atoms with Gasteiger partial charge in [0.2, 0.25) is 5.91 Å². The first-order valence-electron chi connectivity index (χ1n) is 6.78. The standard InChI is InChI=1S/C17H17Cl2NO/c1-20(12-13-6-3-2-4-7-13)17(21)11-10-14-15(18)8-5-9-16(14)19/h2-9H,10-12H2,1H3. The lowest BCUT2D eigenvalue weighted by Crippen LogP contribution is -2.26.